The molecule has 1 aliphatic rings. The van der Waals surface area contributed by atoms with Gasteiger partial charge in [0, 0.05) is 0 Å². The number of ether oxygens (including phenoxy) is 4. The fourth-order valence-corrected chi connectivity index (χ4v) is 2.62. The summed E-state index contributed by atoms with van der Waals surface area (Å²) >= 11 is 0. The summed E-state index contributed by atoms with van der Waals surface area (Å²) in [6.07, 6.45) is -0.723. The van der Waals surface area contributed by atoms with Crippen LogP contribution < -0.4 is 0 Å². The van der Waals surface area contributed by atoms with Crippen molar-refractivity contribution in [2.75, 3.05) is 6.61 Å². The standard InChI is InChI=1S/C20H24O4/c1-20(2)23-15-18(24-20)19(21-13-16-9-5-3-6-10-16)22-14-17-11-7-4-8-12-17/h3-12,18-19H,13-15H2,1-2H3/t18-/m1/s1. The van der Waals surface area contributed by atoms with E-state index < -0.39 is 12.1 Å². The van der Waals surface area contributed by atoms with Crippen LogP contribution in [0.25, 0.3) is 0 Å². The Labute approximate surface area is 143 Å². The van der Waals surface area contributed by atoms with Crippen LogP contribution in [0.5, 0.6) is 0 Å². The molecule has 4 heteroatoms. The number of hydrogen-bond donors (Lipinski definition) is 0. The van der Waals surface area contributed by atoms with Gasteiger partial charge in [0.1, 0.15) is 6.10 Å². The Morgan fingerprint density at radius 2 is 1.42 bits per heavy atom. The van der Waals surface area contributed by atoms with E-state index in [2.05, 4.69) is 0 Å². The van der Waals surface area contributed by atoms with Gasteiger partial charge in [-0.15, -0.1) is 0 Å². The van der Waals surface area contributed by atoms with Crippen LogP contribution in [0.2, 0.25) is 0 Å². The molecule has 2 aromatic rings. The minimum Gasteiger partial charge on any atom is -0.348 e. The van der Waals surface area contributed by atoms with Crippen LogP contribution in [-0.2, 0) is 32.2 Å². The third-order valence-electron chi connectivity index (χ3n) is 3.85. The van der Waals surface area contributed by atoms with Gasteiger partial charge in [0.25, 0.3) is 0 Å². The second kappa shape index (κ2) is 7.90. The molecule has 1 atom stereocenters. The van der Waals surface area contributed by atoms with Gasteiger partial charge in [-0.2, -0.15) is 0 Å². The lowest BCUT2D eigenvalue weighted by Crippen LogP contribution is -2.35. The third kappa shape index (κ3) is 4.89. The highest BCUT2D eigenvalue weighted by Crippen LogP contribution is 2.26. The van der Waals surface area contributed by atoms with Crippen molar-refractivity contribution < 1.29 is 18.9 Å². The zero-order valence-electron chi connectivity index (χ0n) is 14.2. The quantitative estimate of drug-likeness (QED) is 0.723. The fourth-order valence-electron chi connectivity index (χ4n) is 2.62. The van der Waals surface area contributed by atoms with Gasteiger partial charge in [0.15, 0.2) is 12.1 Å². The Morgan fingerprint density at radius 1 is 0.917 bits per heavy atom. The maximum Gasteiger partial charge on any atom is 0.186 e. The Kier molecular flexibility index (Phi) is 5.63. The van der Waals surface area contributed by atoms with Crippen LogP contribution in [-0.4, -0.2) is 24.8 Å². The molecule has 1 aliphatic heterocycles. The summed E-state index contributed by atoms with van der Waals surface area (Å²) in [7, 11) is 0. The van der Waals surface area contributed by atoms with Crippen molar-refractivity contribution in [3.05, 3.63) is 71.8 Å². The predicted octanol–water partition coefficient (Wildman–Crippen LogP) is 3.90. The molecule has 2 aromatic carbocycles. The van der Waals surface area contributed by atoms with E-state index in [0.717, 1.165) is 11.1 Å². The van der Waals surface area contributed by atoms with Gasteiger partial charge in [0.05, 0.1) is 19.8 Å². The lowest BCUT2D eigenvalue weighted by molar-refractivity contribution is -0.228. The van der Waals surface area contributed by atoms with Crippen molar-refractivity contribution >= 4 is 0 Å². The van der Waals surface area contributed by atoms with E-state index in [9.17, 15) is 0 Å². The molecule has 1 heterocycles. The van der Waals surface area contributed by atoms with Gasteiger partial charge < -0.3 is 18.9 Å². The van der Waals surface area contributed by atoms with E-state index in [1.54, 1.807) is 0 Å². The van der Waals surface area contributed by atoms with E-state index in [4.69, 9.17) is 18.9 Å². The summed E-state index contributed by atoms with van der Waals surface area (Å²) in [5.41, 5.74) is 2.20. The molecule has 0 aliphatic carbocycles. The predicted molar refractivity (Wildman–Crippen MR) is 91.2 cm³/mol. The van der Waals surface area contributed by atoms with Gasteiger partial charge in [-0.3, -0.25) is 0 Å². The lowest BCUT2D eigenvalue weighted by Gasteiger charge is -2.25. The fraction of sp³-hybridized carbons (Fsp3) is 0.400. The van der Waals surface area contributed by atoms with Crippen LogP contribution in [0.1, 0.15) is 25.0 Å². The van der Waals surface area contributed by atoms with Crippen LogP contribution in [0.15, 0.2) is 60.7 Å². The smallest absolute Gasteiger partial charge is 0.186 e. The van der Waals surface area contributed by atoms with Crippen molar-refractivity contribution in [2.45, 2.75) is 45.2 Å². The number of rotatable bonds is 7. The lowest BCUT2D eigenvalue weighted by atomic mass is 10.2. The molecule has 1 fully saturated rings. The van der Waals surface area contributed by atoms with Gasteiger partial charge >= 0.3 is 0 Å². The first-order valence-electron chi connectivity index (χ1n) is 8.25. The Balaban J connectivity index is 1.62. The topological polar surface area (TPSA) is 36.9 Å². The Hall–Kier alpha value is -1.72. The van der Waals surface area contributed by atoms with Crippen LogP contribution in [0, 0.1) is 0 Å². The first-order chi connectivity index (χ1) is 11.6. The van der Waals surface area contributed by atoms with E-state index in [0.29, 0.717) is 19.8 Å². The second-order valence-corrected chi connectivity index (χ2v) is 6.33. The van der Waals surface area contributed by atoms with Crippen molar-refractivity contribution in [2.24, 2.45) is 0 Å². The van der Waals surface area contributed by atoms with Crippen LogP contribution in [0.4, 0.5) is 0 Å². The summed E-state index contributed by atoms with van der Waals surface area (Å²) in [4.78, 5) is 0. The normalized spacial score (nSPS) is 19.7. The SMILES string of the molecule is CC1(C)OC[C@H](C(OCc2ccccc2)OCc2ccccc2)O1. The minimum atomic E-state index is -0.602. The summed E-state index contributed by atoms with van der Waals surface area (Å²) in [6, 6.07) is 20.1. The highest BCUT2D eigenvalue weighted by atomic mass is 16.8. The molecule has 3 rings (SSSR count). The average molecular weight is 328 g/mol. The zero-order chi connectivity index (χ0) is 16.8. The Bertz CT molecular complexity index is 569. The van der Waals surface area contributed by atoms with Crippen molar-refractivity contribution in [3.8, 4) is 0 Å². The zero-order valence-corrected chi connectivity index (χ0v) is 14.2. The molecule has 0 radical (unpaired) electrons. The summed E-state index contributed by atoms with van der Waals surface area (Å²) in [6.45, 7) is 5.21. The van der Waals surface area contributed by atoms with Crippen molar-refractivity contribution in [1.29, 1.82) is 0 Å². The number of hydrogen-bond acceptors (Lipinski definition) is 4. The highest BCUT2D eigenvalue weighted by Gasteiger charge is 2.38. The number of benzene rings is 2. The van der Waals surface area contributed by atoms with Gasteiger partial charge in [-0.05, 0) is 25.0 Å². The molecule has 24 heavy (non-hydrogen) atoms. The molecule has 0 bridgehead atoms. The summed E-state index contributed by atoms with van der Waals surface area (Å²) < 4.78 is 23.6. The van der Waals surface area contributed by atoms with E-state index in [-0.39, 0.29) is 6.10 Å². The van der Waals surface area contributed by atoms with Crippen molar-refractivity contribution in [3.63, 3.8) is 0 Å². The molecule has 0 unspecified atom stereocenters. The molecule has 0 amide bonds. The van der Waals surface area contributed by atoms with E-state index >= 15 is 0 Å². The van der Waals surface area contributed by atoms with Crippen molar-refractivity contribution in [1.82, 2.24) is 0 Å². The third-order valence-corrected chi connectivity index (χ3v) is 3.85. The average Bonchev–Trinajstić information content (AvgIpc) is 2.96. The summed E-state index contributed by atoms with van der Waals surface area (Å²) in [5, 5.41) is 0. The monoisotopic (exact) mass is 328 g/mol. The van der Waals surface area contributed by atoms with E-state index in [1.165, 1.54) is 0 Å². The van der Waals surface area contributed by atoms with Gasteiger partial charge in [-0.25, -0.2) is 0 Å². The molecule has 128 valence electrons. The largest absolute Gasteiger partial charge is 0.348 e. The molecule has 0 N–H and O–H groups in total. The minimum absolute atomic E-state index is 0.243. The van der Waals surface area contributed by atoms with Gasteiger partial charge in [-0.1, -0.05) is 60.7 Å². The second-order valence-electron chi connectivity index (χ2n) is 6.33. The first-order valence-corrected chi connectivity index (χ1v) is 8.25. The van der Waals surface area contributed by atoms with E-state index in [1.807, 2.05) is 74.5 Å². The molecule has 0 aromatic heterocycles. The molecule has 0 saturated carbocycles. The maximum atomic E-state index is 6.00. The molecule has 0 spiro atoms. The molecular formula is C20H24O4. The first kappa shape index (κ1) is 17.1. The highest BCUT2D eigenvalue weighted by molar-refractivity contribution is 5.14. The maximum absolute atomic E-state index is 6.00. The molecular weight excluding hydrogens is 304 g/mol. The molecule has 4 nitrogen and oxygen atoms in total. The van der Waals surface area contributed by atoms with Crippen LogP contribution in [0.3, 0.4) is 0 Å². The molecule has 1 saturated heterocycles. The summed E-state index contributed by atoms with van der Waals surface area (Å²) in [5.74, 6) is -0.602. The van der Waals surface area contributed by atoms with Crippen LogP contribution >= 0.6 is 0 Å². The van der Waals surface area contributed by atoms with Gasteiger partial charge in [0.2, 0.25) is 0 Å². The Morgan fingerprint density at radius 3 is 1.83 bits per heavy atom.